The quantitative estimate of drug-likeness (QED) is 0.742. The molecule has 0 aliphatic carbocycles. The Labute approximate surface area is 77.7 Å². The third kappa shape index (κ3) is 1.41. The van der Waals surface area contributed by atoms with E-state index in [4.69, 9.17) is 10.00 Å². The minimum Gasteiger partial charge on any atom is -0.496 e. The van der Waals surface area contributed by atoms with Crippen LogP contribution in [0, 0.1) is 17.1 Å². The maximum Gasteiger partial charge on any atom is 0.142 e. The number of rotatable bonds is 1. The summed E-state index contributed by atoms with van der Waals surface area (Å²) in [6.45, 7) is 0. The van der Waals surface area contributed by atoms with Gasteiger partial charge in [-0.05, 0) is 28.1 Å². The average molecular weight is 230 g/mol. The fourth-order valence-electron chi connectivity index (χ4n) is 0.794. The predicted octanol–water partition coefficient (Wildman–Crippen LogP) is 2.47. The van der Waals surface area contributed by atoms with Crippen LogP contribution in [0.3, 0.4) is 0 Å². The molecule has 0 amide bonds. The Hall–Kier alpha value is -1.08. The highest BCUT2D eigenvalue weighted by atomic mass is 79.9. The first-order chi connectivity index (χ1) is 5.70. The highest BCUT2D eigenvalue weighted by Crippen LogP contribution is 2.29. The first-order valence-electron chi connectivity index (χ1n) is 3.12. The molecule has 0 fully saturated rings. The Morgan fingerprint density at radius 3 is 2.75 bits per heavy atom. The number of ether oxygens (including phenoxy) is 1. The van der Waals surface area contributed by atoms with Gasteiger partial charge < -0.3 is 4.74 Å². The SMILES string of the molecule is COc1ccc(F)c(C#N)c1Br. The molecule has 62 valence electrons. The molecule has 0 saturated carbocycles. The number of halogens is 2. The van der Waals surface area contributed by atoms with E-state index in [2.05, 4.69) is 15.9 Å². The van der Waals surface area contributed by atoms with Crippen LogP contribution in [0.4, 0.5) is 4.39 Å². The van der Waals surface area contributed by atoms with Crippen LogP contribution >= 0.6 is 15.9 Å². The van der Waals surface area contributed by atoms with Crippen molar-refractivity contribution in [1.82, 2.24) is 0 Å². The summed E-state index contributed by atoms with van der Waals surface area (Å²) in [5.74, 6) is -0.0990. The summed E-state index contributed by atoms with van der Waals surface area (Å²) in [7, 11) is 1.46. The zero-order chi connectivity index (χ0) is 9.14. The van der Waals surface area contributed by atoms with Crippen molar-refractivity contribution in [1.29, 1.82) is 5.26 Å². The minimum atomic E-state index is -0.551. The molecule has 2 nitrogen and oxygen atoms in total. The van der Waals surface area contributed by atoms with E-state index in [-0.39, 0.29) is 5.56 Å². The molecule has 0 aliphatic rings. The van der Waals surface area contributed by atoms with Gasteiger partial charge in [-0.2, -0.15) is 5.26 Å². The number of nitrogens with zero attached hydrogens (tertiary/aromatic N) is 1. The number of nitriles is 1. The van der Waals surface area contributed by atoms with Gasteiger partial charge in [0.2, 0.25) is 0 Å². The van der Waals surface area contributed by atoms with Gasteiger partial charge >= 0.3 is 0 Å². The predicted molar refractivity (Wildman–Crippen MR) is 45.4 cm³/mol. The lowest BCUT2D eigenvalue weighted by Crippen LogP contribution is -1.90. The van der Waals surface area contributed by atoms with E-state index in [0.717, 1.165) is 0 Å². The lowest BCUT2D eigenvalue weighted by Gasteiger charge is -2.03. The Morgan fingerprint density at radius 2 is 2.25 bits per heavy atom. The third-order valence-corrected chi connectivity index (χ3v) is 2.17. The second-order valence-corrected chi connectivity index (χ2v) is 2.84. The van der Waals surface area contributed by atoms with Gasteiger partial charge in [-0.3, -0.25) is 0 Å². The molecule has 1 aromatic rings. The summed E-state index contributed by atoms with van der Waals surface area (Å²) in [4.78, 5) is 0. The molecule has 0 saturated heterocycles. The summed E-state index contributed by atoms with van der Waals surface area (Å²) >= 11 is 3.06. The lowest BCUT2D eigenvalue weighted by molar-refractivity contribution is 0.410. The van der Waals surface area contributed by atoms with Gasteiger partial charge in [0.05, 0.1) is 11.6 Å². The number of benzene rings is 1. The largest absolute Gasteiger partial charge is 0.496 e. The van der Waals surface area contributed by atoms with Crippen LogP contribution in [0.2, 0.25) is 0 Å². The number of methoxy groups -OCH3 is 1. The minimum absolute atomic E-state index is 0.0330. The van der Waals surface area contributed by atoms with Crippen molar-refractivity contribution in [2.75, 3.05) is 7.11 Å². The van der Waals surface area contributed by atoms with Crippen LogP contribution < -0.4 is 4.74 Å². The maximum atomic E-state index is 12.9. The summed E-state index contributed by atoms with van der Waals surface area (Å²) in [5.41, 5.74) is -0.0330. The van der Waals surface area contributed by atoms with Crippen molar-refractivity contribution in [3.05, 3.63) is 28.0 Å². The van der Waals surface area contributed by atoms with Gasteiger partial charge in [-0.15, -0.1) is 0 Å². The van der Waals surface area contributed by atoms with Crippen LogP contribution in [0.15, 0.2) is 16.6 Å². The van der Waals surface area contributed by atoms with Crippen molar-refractivity contribution >= 4 is 15.9 Å². The van der Waals surface area contributed by atoms with Crippen LogP contribution in [-0.4, -0.2) is 7.11 Å². The number of hydrogen-bond acceptors (Lipinski definition) is 2. The molecule has 0 aliphatic heterocycles. The fourth-order valence-corrected chi connectivity index (χ4v) is 1.37. The van der Waals surface area contributed by atoms with E-state index in [1.165, 1.54) is 19.2 Å². The van der Waals surface area contributed by atoms with Crippen LogP contribution in [0.25, 0.3) is 0 Å². The molecule has 0 heterocycles. The molecule has 12 heavy (non-hydrogen) atoms. The molecule has 4 heteroatoms. The van der Waals surface area contributed by atoms with Gasteiger partial charge in [-0.1, -0.05) is 0 Å². The summed E-state index contributed by atoms with van der Waals surface area (Å²) in [6.07, 6.45) is 0. The smallest absolute Gasteiger partial charge is 0.142 e. The highest BCUT2D eigenvalue weighted by Gasteiger charge is 2.10. The van der Waals surface area contributed by atoms with E-state index in [1.807, 2.05) is 0 Å². The molecular weight excluding hydrogens is 225 g/mol. The van der Waals surface area contributed by atoms with Crippen molar-refractivity contribution in [2.24, 2.45) is 0 Å². The molecule has 0 atom stereocenters. The Bertz CT molecular complexity index is 346. The van der Waals surface area contributed by atoms with Crippen LogP contribution in [-0.2, 0) is 0 Å². The summed E-state index contributed by atoms with van der Waals surface area (Å²) in [6, 6.07) is 4.39. The Kier molecular flexibility index (Phi) is 2.66. The van der Waals surface area contributed by atoms with E-state index < -0.39 is 5.82 Å². The normalized spacial score (nSPS) is 9.17. The van der Waals surface area contributed by atoms with Crippen LogP contribution in [0.5, 0.6) is 5.75 Å². The standard InChI is InChI=1S/C8H5BrFNO/c1-12-7-3-2-6(10)5(4-11)8(7)9/h2-3H,1H3. The van der Waals surface area contributed by atoms with E-state index >= 15 is 0 Å². The first-order valence-corrected chi connectivity index (χ1v) is 3.92. The lowest BCUT2D eigenvalue weighted by atomic mass is 10.2. The molecule has 0 spiro atoms. The Balaban J connectivity index is 3.36. The van der Waals surface area contributed by atoms with Gasteiger partial charge in [-0.25, -0.2) is 4.39 Å². The average Bonchev–Trinajstić information content (AvgIpc) is 2.06. The molecule has 0 unspecified atom stereocenters. The zero-order valence-electron chi connectivity index (χ0n) is 6.27. The third-order valence-electron chi connectivity index (χ3n) is 1.39. The molecule has 0 radical (unpaired) electrons. The van der Waals surface area contributed by atoms with Crippen molar-refractivity contribution in [3.63, 3.8) is 0 Å². The zero-order valence-corrected chi connectivity index (χ0v) is 7.85. The second-order valence-electron chi connectivity index (χ2n) is 2.05. The molecule has 0 N–H and O–H groups in total. The maximum absolute atomic E-state index is 12.9. The Morgan fingerprint density at radius 1 is 1.58 bits per heavy atom. The van der Waals surface area contributed by atoms with Gasteiger partial charge in [0.1, 0.15) is 23.2 Å². The molecule has 1 aromatic carbocycles. The van der Waals surface area contributed by atoms with E-state index in [1.54, 1.807) is 6.07 Å². The topological polar surface area (TPSA) is 33.0 Å². The first kappa shape index (κ1) is 9.01. The van der Waals surface area contributed by atoms with Gasteiger partial charge in [0, 0.05) is 0 Å². The van der Waals surface area contributed by atoms with Crippen molar-refractivity contribution < 1.29 is 9.13 Å². The van der Waals surface area contributed by atoms with Crippen molar-refractivity contribution in [3.8, 4) is 11.8 Å². The van der Waals surface area contributed by atoms with Crippen LogP contribution in [0.1, 0.15) is 5.56 Å². The highest BCUT2D eigenvalue weighted by molar-refractivity contribution is 9.10. The molecule has 1 rings (SSSR count). The number of hydrogen-bond donors (Lipinski definition) is 0. The van der Waals surface area contributed by atoms with Crippen molar-refractivity contribution in [2.45, 2.75) is 0 Å². The second kappa shape index (κ2) is 3.55. The van der Waals surface area contributed by atoms with Gasteiger partial charge in [0.15, 0.2) is 0 Å². The van der Waals surface area contributed by atoms with E-state index in [9.17, 15) is 4.39 Å². The summed E-state index contributed by atoms with van der Waals surface area (Å²) in [5, 5.41) is 8.54. The summed E-state index contributed by atoms with van der Waals surface area (Å²) < 4.78 is 18.1. The molecule has 0 bridgehead atoms. The molecular formula is C8H5BrFNO. The van der Waals surface area contributed by atoms with E-state index in [0.29, 0.717) is 10.2 Å². The van der Waals surface area contributed by atoms with Gasteiger partial charge in [0.25, 0.3) is 0 Å². The fraction of sp³-hybridized carbons (Fsp3) is 0.125. The molecule has 0 aromatic heterocycles. The monoisotopic (exact) mass is 229 g/mol.